The van der Waals surface area contributed by atoms with Crippen molar-refractivity contribution in [1.82, 2.24) is 4.90 Å². The Kier molecular flexibility index (Phi) is 8.26. The second-order valence-electron chi connectivity index (χ2n) is 5.25. The summed E-state index contributed by atoms with van der Waals surface area (Å²) in [7, 11) is 1.79. The summed E-state index contributed by atoms with van der Waals surface area (Å²) in [5.74, 6) is 0.894. The Hall–Kier alpha value is -1.26. The van der Waals surface area contributed by atoms with Gasteiger partial charge in [0.15, 0.2) is 0 Å². The molecule has 0 aliphatic heterocycles. The van der Waals surface area contributed by atoms with Crippen molar-refractivity contribution in [3.05, 3.63) is 29.8 Å². The minimum absolute atomic E-state index is 0. The van der Waals surface area contributed by atoms with Gasteiger partial charge in [0.2, 0.25) is 5.91 Å². The van der Waals surface area contributed by atoms with Gasteiger partial charge >= 0.3 is 0 Å². The second-order valence-corrected chi connectivity index (χ2v) is 5.25. The minimum atomic E-state index is -0.106. The number of nitrogens with zero attached hydrogens (tertiary/aromatic N) is 1. The first kappa shape index (κ1) is 18.7. The van der Waals surface area contributed by atoms with Crippen LogP contribution in [0.3, 0.4) is 0 Å². The maximum absolute atomic E-state index is 11.8. The Bertz CT molecular complexity index is 422. The normalized spacial score (nSPS) is 11.7. The summed E-state index contributed by atoms with van der Waals surface area (Å²) in [6, 6.07) is 7.72. The number of nitrogens with two attached hydrogens (primary N) is 1. The van der Waals surface area contributed by atoms with Gasteiger partial charge in [-0.2, -0.15) is 0 Å². The van der Waals surface area contributed by atoms with E-state index in [9.17, 15) is 4.79 Å². The SMILES string of the molecule is CC(N)CC(=O)N(C)Cc1cccc(OC(C)C)c1.Cl. The number of amides is 1. The van der Waals surface area contributed by atoms with Crippen molar-refractivity contribution in [2.75, 3.05) is 7.05 Å². The molecule has 0 heterocycles. The van der Waals surface area contributed by atoms with E-state index in [0.717, 1.165) is 11.3 Å². The van der Waals surface area contributed by atoms with Crippen LogP contribution in [0.1, 0.15) is 32.8 Å². The third-order valence-corrected chi connectivity index (χ3v) is 2.61. The fourth-order valence-electron chi connectivity index (χ4n) is 1.78. The van der Waals surface area contributed by atoms with Crippen molar-refractivity contribution in [3.8, 4) is 5.75 Å². The first-order chi connectivity index (χ1) is 8.88. The van der Waals surface area contributed by atoms with E-state index in [0.29, 0.717) is 13.0 Å². The number of carbonyl (C=O) groups is 1. The smallest absolute Gasteiger partial charge is 0.224 e. The quantitative estimate of drug-likeness (QED) is 0.878. The molecule has 20 heavy (non-hydrogen) atoms. The molecule has 1 atom stereocenters. The van der Waals surface area contributed by atoms with Crippen LogP contribution in [0.5, 0.6) is 5.75 Å². The average molecular weight is 301 g/mol. The zero-order valence-corrected chi connectivity index (χ0v) is 13.4. The van der Waals surface area contributed by atoms with Crippen LogP contribution in [-0.2, 0) is 11.3 Å². The summed E-state index contributed by atoms with van der Waals surface area (Å²) < 4.78 is 5.64. The van der Waals surface area contributed by atoms with Crippen molar-refractivity contribution < 1.29 is 9.53 Å². The minimum Gasteiger partial charge on any atom is -0.491 e. The van der Waals surface area contributed by atoms with Crippen molar-refractivity contribution in [1.29, 1.82) is 0 Å². The third-order valence-electron chi connectivity index (χ3n) is 2.61. The van der Waals surface area contributed by atoms with Crippen molar-refractivity contribution in [3.63, 3.8) is 0 Å². The van der Waals surface area contributed by atoms with E-state index in [1.54, 1.807) is 11.9 Å². The summed E-state index contributed by atoms with van der Waals surface area (Å²) >= 11 is 0. The zero-order chi connectivity index (χ0) is 14.4. The molecule has 0 spiro atoms. The molecular weight excluding hydrogens is 276 g/mol. The van der Waals surface area contributed by atoms with Crippen LogP contribution in [0.25, 0.3) is 0 Å². The van der Waals surface area contributed by atoms with Crippen LogP contribution in [0.4, 0.5) is 0 Å². The van der Waals surface area contributed by atoms with Crippen LogP contribution >= 0.6 is 12.4 Å². The van der Waals surface area contributed by atoms with Crippen molar-refractivity contribution in [2.24, 2.45) is 5.73 Å². The van der Waals surface area contributed by atoms with E-state index >= 15 is 0 Å². The van der Waals surface area contributed by atoms with Crippen LogP contribution in [0, 0.1) is 0 Å². The standard InChI is InChI=1S/C15H24N2O2.ClH/c1-11(2)19-14-7-5-6-13(9-14)10-17(4)15(18)8-12(3)16;/h5-7,9,11-12H,8,10,16H2,1-4H3;1H. The molecule has 0 aromatic heterocycles. The number of ether oxygens (including phenoxy) is 1. The molecule has 1 unspecified atom stereocenters. The molecular formula is C15H25ClN2O2. The maximum Gasteiger partial charge on any atom is 0.224 e. The highest BCUT2D eigenvalue weighted by molar-refractivity contribution is 5.85. The number of hydrogen-bond acceptors (Lipinski definition) is 3. The van der Waals surface area contributed by atoms with E-state index < -0.39 is 0 Å². The molecule has 0 saturated carbocycles. The molecule has 0 aliphatic carbocycles. The van der Waals surface area contributed by atoms with E-state index in [1.807, 2.05) is 45.0 Å². The predicted octanol–water partition coefficient (Wildman–Crippen LogP) is 2.59. The van der Waals surface area contributed by atoms with E-state index in [4.69, 9.17) is 10.5 Å². The van der Waals surface area contributed by atoms with Crippen LogP contribution < -0.4 is 10.5 Å². The van der Waals surface area contributed by atoms with Gasteiger partial charge in [-0.3, -0.25) is 4.79 Å². The number of carbonyl (C=O) groups excluding carboxylic acids is 1. The van der Waals surface area contributed by atoms with Gasteiger partial charge in [0.25, 0.3) is 0 Å². The second kappa shape index (κ2) is 8.82. The number of hydrogen-bond donors (Lipinski definition) is 1. The summed E-state index contributed by atoms with van der Waals surface area (Å²) in [4.78, 5) is 13.5. The molecule has 0 aliphatic rings. The summed E-state index contributed by atoms with van der Waals surface area (Å²) in [6.07, 6.45) is 0.520. The molecule has 114 valence electrons. The van der Waals surface area contributed by atoms with Gasteiger partial charge < -0.3 is 15.4 Å². The molecule has 1 aromatic carbocycles. The van der Waals surface area contributed by atoms with Gasteiger partial charge in [-0.15, -0.1) is 12.4 Å². The summed E-state index contributed by atoms with van der Waals surface area (Å²) in [5.41, 5.74) is 6.69. The first-order valence-corrected chi connectivity index (χ1v) is 6.63. The summed E-state index contributed by atoms with van der Waals surface area (Å²) in [6.45, 7) is 6.39. The van der Waals surface area contributed by atoms with Gasteiger partial charge in [0.1, 0.15) is 5.75 Å². The third kappa shape index (κ3) is 6.78. The van der Waals surface area contributed by atoms with Crippen LogP contribution in [0.2, 0.25) is 0 Å². The molecule has 1 amide bonds. The highest BCUT2D eigenvalue weighted by Gasteiger charge is 2.11. The van der Waals surface area contributed by atoms with Crippen LogP contribution in [0.15, 0.2) is 24.3 Å². The molecule has 1 aromatic rings. The van der Waals surface area contributed by atoms with Gasteiger partial charge in [0.05, 0.1) is 6.10 Å². The van der Waals surface area contributed by atoms with E-state index in [1.165, 1.54) is 0 Å². The Morgan fingerprint density at radius 3 is 2.55 bits per heavy atom. The van der Waals surface area contributed by atoms with Gasteiger partial charge in [-0.25, -0.2) is 0 Å². The fourth-order valence-corrected chi connectivity index (χ4v) is 1.78. The Labute approximate surface area is 127 Å². The van der Waals surface area contributed by atoms with Gasteiger partial charge in [-0.05, 0) is 38.5 Å². The lowest BCUT2D eigenvalue weighted by molar-refractivity contribution is -0.130. The average Bonchev–Trinajstić information content (AvgIpc) is 2.27. The Morgan fingerprint density at radius 1 is 1.35 bits per heavy atom. The maximum atomic E-state index is 11.8. The Balaban J connectivity index is 0.00000361. The predicted molar refractivity (Wildman–Crippen MR) is 84.2 cm³/mol. The zero-order valence-electron chi connectivity index (χ0n) is 12.6. The fraction of sp³-hybridized carbons (Fsp3) is 0.533. The molecule has 2 N–H and O–H groups in total. The lowest BCUT2D eigenvalue weighted by Gasteiger charge is -2.19. The van der Waals surface area contributed by atoms with Crippen LogP contribution in [-0.4, -0.2) is 30.0 Å². The highest BCUT2D eigenvalue weighted by Crippen LogP contribution is 2.16. The van der Waals surface area contributed by atoms with Gasteiger partial charge in [-0.1, -0.05) is 12.1 Å². The molecule has 5 heteroatoms. The molecule has 4 nitrogen and oxygen atoms in total. The van der Waals surface area contributed by atoms with Crippen molar-refractivity contribution >= 4 is 18.3 Å². The van der Waals surface area contributed by atoms with Crippen molar-refractivity contribution in [2.45, 2.75) is 45.9 Å². The monoisotopic (exact) mass is 300 g/mol. The number of halogens is 1. The lowest BCUT2D eigenvalue weighted by Crippen LogP contribution is -2.31. The highest BCUT2D eigenvalue weighted by atomic mass is 35.5. The molecule has 1 rings (SSSR count). The molecule has 0 radical (unpaired) electrons. The molecule has 0 fully saturated rings. The number of rotatable bonds is 6. The van der Waals surface area contributed by atoms with E-state index in [-0.39, 0.29) is 30.5 Å². The van der Waals surface area contributed by atoms with E-state index in [2.05, 4.69) is 0 Å². The van der Waals surface area contributed by atoms with Gasteiger partial charge in [0, 0.05) is 26.1 Å². The molecule has 0 bridgehead atoms. The largest absolute Gasteiger partial charge is 0.491 e. The topological polar surface area (TPSA) is 55.6 Å². The lowest BCUT2D eigenvalue weighted by atomic mass is 10.2. The first-order valence-electron chi connectivity index (χ1n) is 6.63. The number of benzene rings is 1. The summed E-state index contributed by atoms with van der Waals surface area (Å²) in [5, 5.41) is 0. The Morgan fingerprint density at radius 2 is 2.00 bits per heavy atom. The molecule has 0 saturated heterocycles.